The Labute approximate surface area is 163 Å². The monoisotopic (exact) mass is 392 g/mol. The smallest absolute Gasteiger partial charge is 0.324 e. The highest BCUT2D eigenvalue weighted by atomic mass is 19.1. The van der Waals surface area contributed by atoms with Crippen LogP contribution in [0.2, 0.25) is 0 Å². The van der Waals surface area contributed by atoms with Gasteiger partial charge in [0.15, 0.2) is 0 Å². The van der Waals surface area contributed by atoms with E-state index in [-0.39, 0.29) is 24.7 Å². The molecule has 0 unspecified atom stereocenters. The van der Waals surface area contributed by atoms with Crippen LogP contribution in [0.25, 0.3) is 0 Å². The Kier molecular flexibility index (Phi) is 6.94. The largest absolute Gasteiger partial charge is 0.379 e. The number of nitrogens with one attached hydrogen (secondary N) is 2. The summed E-state index contributed by atoms with van der Waals surface area (Å²) in [6, 6.07) is 4.65. The molecule has 2 N–H and O–H groups in total. The van der Waals surface area contributed by atoms with Gasteiger partial charge in [-0.2, -0.15) is 0 Å². The fourth-order valence-electron chi connectivity index (χ4n) is 3.30. The molecule has 1 aromatic rings. The molecule has 0 saturated carbocycles. The van der Waals surface area contributed by atoms with E-state index in [2.05, 4.69) is 15.5 Å². The summed E-state index contributed by atoms with van der Waals surface area (Å²) in [6.07, 6.45) is 0.263. The quantitative estimate of drug-likeness (QED) is 0.614. The molecule has 0 bridgehead atoms. The van der Waals surface area contributed by atoms with Crippen molar-refractivity contribution in [3.05, 3.63) is 35.6 Å². The minimum Gasteiger partial charge on any atom is -0.379 e. The normalized spacial score (nSPS) is 20.3. The number of carbonyl (C=O) groups excluding carboxylic acids is 3. The van der Waals surface area contributed by atoms with Gasteiger partial charge in [-0.15, -0.1) is 0 Å². The van der Waals surface area contributed by atoms with Crippen LogP contribution in [0, 0.1) is 5.82 Å². The molecule has 2 heterocycles. The van der Waals surface area contributed by atoms with E-state index in [1.807, 2.05) is 0 Å². The average molecular weight is 392 g/mol. The lowest BCUT2D eigenvalue weighted by Gasteiger charge is -2.26. The molecule has 0 aliphatic carbocycles. The van der Waals surface area contributed by atoms with Crippen molar-refractivity contribution in [1.29, 1.82) is 0 Å². The third-order valence-corrected chi connectivity index (χ3v) is 4.86. The van der Waals surface area contributed by atoms with Gasteiger partial charge in [0, 0.05) is 32.7 Å². The molecule has 152 valence electrons. The lowest BCUT2D eigenvalue weighted by Crippen LogP contribution is -2.42. The molecule has 0 radical (unpaired) electrons. The van der Waals surface area contributed by atoms with E-state index in [1.165, 1.54) is 12.1 Å². The number of nitrogens with zero attached hydrogens (tertiary/aromatic N) is 2. The number of halogens is 1. The summed E-state index contributed by atoms with van der Waals surface area (Å²) in [7, 11) is 0. The van der Waals surface area contributed by atoms with E-state index in [0.29, 0.717) is 31.7 Å². The van der Waals surface area contributed by atoms with Crippen LogP contribution in [-0.4, -0.2) is 79.6 Å². The second-order valence-corrected chi connectivity index (χ2v) is 6.88. The van der Waals surface area contributed by atoms with Crippen molar-refractivity contribution in [1.82, 2.24) is 20.4 Å². The van der Waals surface area contributed by atoms with Gasteiger partial charge in [-0.05, 0) is 24.1 Å². The van der Waals surface area contributed by atoms with Crippen LogP contribution < -0.4 is 10.6 Å². The maximum absolute atomic E-state index is 13.2. The van der Waals surface area contributed by atoms with Gasteiger partial charge in [-0.3, -0.25) is 19.4 Å². The molecule has 8 nitrogen and oxygen atoms in total. The van der Waals surface area contributed by atoms with Crippen molar-refractivity contribution in [3.63, 3.8) is 0 Å². The Morgan fingerprint density at radius 1 is 1.25 bits per heavy atom. The minimum atomic E-state index is -0.858. The van der Waals surface area contributed by atoms with Crippen molar-refractivity contribution in [3.8, 4) is 0 Å². The van der Waals surface area contributed by atoms with Gasteiger partial charge < -0.3 is 15.4 Å². The molecule has 9 heteroatoms. The Morgan fingerprint density at radius 3 is 2.79 bits per heavy atom. The second kappa shape index (κ2) is 9.61. The third kappa shape index (κ3) is 5.49. The van der Waals surface area contributed by atoms with Gasteiger partial charge in [0.1, 0.15) is 11.9 Å². The number of urea groups is 1. The van der Waals surface area contributed by atoms with Crippen LogP contribution in [0.4, 0.5) is 9.18 Å². The van der Waals surface area contributed by atoms with Crippen LogP contribution in [0.5, 0.6) is 0 Å². The molecule has 0 aromatic heterocycles. The number of amides is 4. The molecule has 2 saturated heterocycles. The summed E-state index contributed by atoms with van der Waals surface area (Å²) in [5.41, 5.74) is 0.699. The maximum atomic E-state index is 13.2. The van der Waals surface area contributed by atoms with Crippen molar-refractivity contribution in [2.75, 3.05) is 45.9 Å². The first-order valence-corrected chi connectivity index (χ1v) is 9.46. The van der Waals surface area contributed by atoms with Crippen molar-refractivity contribution in [2.24, 2.45) is 0 Å². The second-order valence-electron chi connectivity index (χ2n) is 6.88. The summed E-state index contributed by atoms with van der Waals surface area (Å²) in [4.78, 5) is 39.9. The van der Waals surface area contributed by atoms with Gasteiger partial charge in [-0.1, -0.05) is 12.1 Å². The molecule has 0 spiro atoms. The van der Waals surface area contributed by atoms with Crippen LogP contribution in [0.1, 0.15) is 12.0 Å². The Morgan fingerprint density at radius 2 is 2.04 bits per heavy atom. The molecule has 28 heavy (non-hydrogen) atoms. The van der Waals surface area contributed by atoms with Crippen molar-refractivity contribution < 1.29 is 23.5 Å². The maximum Gasteiger partial charge on any atom is 0.324 e. The number of carbonyl (C=O) groups is 3. The van der Waals surface area contributed by atoms with Crippen LogP contribution >= 0.6 is 0 Å². The number of hydrogen-bond acceptors (Lipinski definition) is 5. The minimum absolute atomic E-state index is 0.0931. The van der Waals surface area contributed by atoms with E-state index in [0.717, 1.165) is 24.5 Å². The molecular formula is C19H25FN4O4. The SMILES string of the molecule is O=C(C[C@H]1NC(=O)N(CCc2cccc(F)c2)C1=O)NCCN1CCOCC1. The first-order valence-electron chi connectivity index (χ1n) is 9.46. The fraction of sp³-hybridized carbons (Fsp3) is 0.526. The Hall–Kier alpha value is -2.52. The molecule has 1 atom stereocenters. The molecular weight excluding hydrogens is 367 g/mol. The highest BCUT2D eigenvalue weighted by Gasteiger charge is 2.38. The van der Waals surface area contributed by atoms with Crippen molar-refractivity contribution in [2.45, 2.75) is 18.9 Å². The Bertz CT molecular complexity index is 724. The zero-order valence-electron chi connectivity index (χ0n) is 15.7. The molecule has 2 aliphatic rings. The Balaban J connectivity index is 1.41. The van der Waals surface area contributed by atoms with Crippen LogP contribution in [0.3, 0.4) is 0 Å². The fourth-order valence-corrected chi connectivity index (χ4v) is 3.30. The predicted octanol–water partition coefficient (Wildman–Crippen LogP) is 0.127. The van der Waals surface area contributed by atoms with Crippen LogP contribution in [0.15, 0.2) is 24.3 Å². The highest BCUT2D eigenvalue weighted by molar-refractivity contribution is 6.05. The number of hydrogen-bond donors (Lipinski definition) is 2. The predicted molar refractivity (Wildman–Crippen MR) is 99.0 cm³/mol. The first kappa shape index (κ1) is 20.2. The lowest BCUT2D eigenvalue weighted by atomic mass is 10.1. The summed E-state index contributed by atoms with van der Waals surface area (Å²) in [6.45, 7) is 4.42. The first-order chi connectivity index (χ1) is 13.5. The third-order valence-electron chi connectivity index (χ3n) is 4.86. The van der Waals surface area contributed by atoms with E-state index in [4.69, 9.17) is 4.74 Å². The van der Waals surface area contributed by atoms with Gasteiger partial charge in [-0.25, -0.2) is 9.18 Å². The highest BCUT2D eigenvalue weighted by Crippen LogP contribution is 2.12. The molecule has 3 rings (SSSR count). The molecule has 4 amide bonds. The molecule has 1 aromatic carbocycles. The van der Waals surface area contributed by atoms with Crippen LogP contribution in [-0.2, 0) is 20.7 Å². The summed E-state index contributed by atoms with van der Waals surface area (Å²) in [5.74, 6) is -1.06. The summed E-state index contributed by atoms with van der Waals surface area (Å²) in [5, 5.41) is 5.33. The standard InChI is InChI=1S/C19H25FN4O4/c20-15-3-1-2-14(12-15)4-6-24-18(26)16(22-19(24)27)13-17(25)21-5-7-23-8-10-28-11-9-23/h1-3,12,16H,4-11,13H2,(H,21,25)(H,22,27)/t16-/m1/s1. The number of morpholine rings is 1. The zero-order chi connectivity index (χ0) is 19.9. The van der Waals surface area contributed by atoms with E-state index >= 15 is 0 Å². The van der Waals surface area contributed by atoms with E-state index in [1.54, 1.807) is 12.1 Å². The van der Waals surface area contributed by atoms with Crippen molar-refractivity contribution >= 4 is 17.8 Å². The zero-order valence-corrected chi connectivity index (χ0v) is 15.7. The topological polar surface area (TPSA) is 91.0 Å². The molecule has 2 aliphatic heterocycles. The lowest BCUT2D eigenvalue weighted by molar-refractivity contribution is -0.130. The van der Waals surface area contributed by atoms with Gasteiger partial charge in [0.05, 0.1) is 19.6 Å². The van der Waals surface area contributed by atoms with E-state index in [9.17, 15) is 18.8 Å². The number of benzene rings is 1. The number of rotatable bonds is 8. The average Bonchev–Trinajstić information content (AvgIpc) is 2.94. The molecule has 2 fully saturated rings. The number of ether oxygens (including phenoxy) is 1. The van der Waals surface area contributed by atoms with Gasteiger partial charge in [0.2, 0.25) is 5.91 Å². The van der Waals surface area contributed by atoms with E-state index < -0.39 is 18.0 Å². The van der Waals surface area contributed by atoms with Gasteiger partial charge >= 0.3 is 6.03 Å². The number of imide groups is 1. The summed E-state index contributed by atoms with van der Waals surface area (Å²) >= 11 is 0. The summed E-state index contributed by atoms with van der Waals surface area (Å²) < 4.78 is 18.5. The van der Waals surface area contributed by atoms with Gasteiger partial charge in [0.25, 0.3) is 5.91 Å².